The molecular weight excluding hydrogens is 320 g/mol. The second kappa shape index (κ2) is 13.4. The molecule has 0 fully saturated rings. The highest BCUT2D eigenvalue weighted by atomic mass is 32.2. The van der Waals surface area contributed by atoms with E-state index >= 15 is 0 Å². The number of hydrogen-bond acceptors (Lipinski definition) is 3. The highest BCUT2D eigenvalue weighted by molar-refractivity contribution is 7.89. The summed E-state index contributed by atoms with van der Waals surface area (Å²) in [5, 5.41) is 0. The third kappa shape index (κ3) is 11.6. The van der Waals surface area contributed by atoms with Gasteiger partial charge in [-0.05, 0) is 18.1 Å². The predicted molar refractivity (Wildman–Crippen MR) is 101 cm³/mol. The van der Waals surface area contributed by atoms with Gasteiger partial charge in [0.2, 0.25) is 10.0 Å². The van der Waals surface area contributed by atoms with Gasteiger partial charge in [0.15, 0.2) is 0 Å². The number of pyridine rings is 1. The van der Waals surface area contributed by atoms with Gasteiger partial charge in [0.25, 0.3) is 0 Å². The smallest absolute Gasteiger partial charge is 0.211 e. The Bertz CT molecular complexity index is 503. The van der Waals surface area contributed by atoms with Gasteiger partial charge in [-0.2, -0.15) is 0 Å². The normalized spacial score (nSPS) is 11.7. The first-order valence-electron chi connectivity index (χ1n) is 9.50. The van der Waals surface area contributed by atoms with Crippen LogP contribution in [0.1, 0.15) is 83.1 Å². The van der Waals surface area contributed by atoms with Crippen LogP contribution in [0.15, 0.2) is 24.5 Å². The molecule has 5 heteroatoms. The molecule has 4 nitrogen and oxygen atoms in total. The van der Waals surface area contributed by atoms with Crippen LogP contribution in [0.25, 0.3) is 0 Å². The van der Waals surface area contributed by atoms with Crippen molar-refractivity contribution in [2.45, 2.75) is 84.1 Å². The second-order valence-electron chi connectivity index (χ2n) is 6.54. The number of nitrogens with zero attached hydrogens (tertiary/aromatic N) is 1. The van der Waals surface area contributed by atoms with Gasteiger partial charge < -0.3 is 0 Å². The zero-order chi connectivity index (χ0) is 17.5. The highest BCUT2D eigenvalue weighted by Gasteiger charge is 2.09. The molecule has 0 aliphatic carbocycles. The maximum Gasteiger partial charge on any atom is 0.211 e. The Labute approximate surface area is 148 Å². The zero-order valence-corrected chi connectivity index (χ0v) is 16.0. The van der Waals surface area contributed by atoms with E-state index in [1.807, 2.05) is 12.1 Å². The number of sulfonamides is 1. The van der Waals surface area contributed by atoms with E-state index in [1.165, 1.54) is 51.4 Å². The van der Waals surface area contributed by atoms with E-state index in [2.05, 4.69) is 16.6 Å². The van der Waals surface area contributed by atoms with Crippen molar-refractivity contribution in [3.05, 3.63) is 30.1 Å². The maximum atomic E-state index is 11.9. The molecule has 0 aliphatic heterocycles. The Hall–Kier alpha value is -0.940. The molecule has 0 unspecified atom stereocenters. The number of rotatable bonds is 15. The number of hydrogen-bond donors (Lipinski definition) is 1. The molecule has 0 saturated heterocycles. The van der Waals surface area contributed by atoms with Gasteiger partial charge in [-0.15, -0.1) is 0 Å². The molecule has 1 aromatic rings. The van der Waals surface area contributed by atoms with Crippen LogP contribution in [0.2, 0.25) is 0 Å². The van der Waals surface area contributed by atoms with Gasteiger partial charge in [-0.1, -0.05) is 77.2 Å². The molecule has 24 heavy (non-hydrogen) atoms. The Morgan fingerprint density at radius 2 is 1.50 bits per heavy atom. The van der Waals surface area contributed by atoms with Crippen molar-refractivity contribution < 1.29 is 8.42 Å². The molecule has 0 bridgehead atoms. The lowest BCUT2D eigenvalue weighted by Gasteiger charge is -2.06. The van der Waals surface area contributed by atoms with Crippen LogP contribution in [0.3, 0.4) is 0 Å². The lowest BCUT2D eigenvalue weighted by atomic mass is 10.1. The molecule has 1 heterocycles. The molecular formula is C19H34N2O2S. The van der Waals surface area contributed by atoms with Crippen LogP contribution < -0.4 is 4.72 Å². The maximum absolute atomic E-state index is 11.9. The second-order valence-corrected chi connectivity index (χ2v) is 8.46. The van der Waals surface area contributed by atoms with E-state index in [1.54, 1.807) is 12.4 Å². The largest absolute Gasteiger partial charge is 0.264 e. The first kappa shape index (κ1) is 21.1. The third-order valence-corrected chi connectivity index (χ3v) is 5.65. The molecule has 1 N–H and O–H groups in total. The fourth-order valence-electron chi connectivity index (χ4n) is 2.72. The summed E-state index contributed by atoms with van der Waals surface area (Å²) in [6.07, 6.45) is 16.9. The molecule has 0 aromatic carbocycles. The molecule has 0 amide bonds. The molecule has 1 aromatic heterocycles. The van der Waals surface area contributed by atoms with Gasteiger partial charge in [-0.3, -0.25) is 4.98 Å². The van der Waals surface area contributed by atoms with E-state index in [9.17, 15) is 8.42 Å². The van der Waals surface area contributed by atoms with Crippen LogP contribution >= 0.6 is 0 Å². The van der Waals surface area contributed by atoms with Crippen molar-refractivity contribution in [2.75, 3.05) is 5.75 Å². The average molecular weight is 355 g/mol. The Morgan fingerprint density at radius 1 is 0.917 bits per heavy atom. The lowest BCUT2D eigenvalue weighted by Crippen LogP contribution is -2.25. The SMILES string of the molecule is CCCCCCCCCCCCCS(=O)(=O)NCc1cccnc1. The first-order chi connectivity index (χ1) is 11.6. The summed E-state index contributed by atoms with van der Waals surface area (Å²) in [5.41, 5.74) is 0.889. The first-order valence-corrected chi connectivity index (χ1v) is 11.2. The molecule has 0 radical (unpaired) electrons. The summed E-state index contributed by atoms with van der Waals surface area (Å²) in [4.78, 5) is 3.98. The summed E-state index contributed by atoms with van der Waals surface area (Å²) < 4.78 is 26.5. The van der Waals surface area contributed by atoms with E-state index in [0.29, 0.717) is 6.54 Å². The number of nitrogens with one attached hydrogen (secondary N) is 1. The summed E-state index contributed by atoms with van der Waals surface area (Å²) in [7, 11) is -3.17. The molecule has 0 saturated carbocycles. The molecule has 0 aliphatic rings. The van der Waals surface area contributed by atoms with Crippen LogP contribution in [-0.2, 0) is 16.6 Å². The van der Waals surface area contributed by atoms with Crippen LogP contribution in [-0.4, -0.2) is 19.2 Å². The fraction of sp³-hybridized carbons (Fsp3) is 0.737. The molecule has 138 valence electrons. The van der Waals surface area contributed by atoms with Crippen molar-refractivity contribution in [2.24, 2.45) is 0 Å². The zero-order valence-electron chi connectivity index (χ0n) is 15.2. The highest BCUT2D eigenvalue weighted by Crippen LogP contribution is 2.11. The van der Waals surface area contributed by atoms with Crippen LogP contribution in [0, 0.1) is 0 Å². The van der Waals surface area contributed by atoms with Crippen molar-refractivity contribution >= 4 is 10.0 Å². The summed E-state index contributed by atoms with van der Waals surface area (Å²) in [5.74, 6) is 0.226. The van der Waals surface area contributed by atoms with Gasteiger partial charge in [0, 0.05) is 18.9 Å². The number of unbranched alkanes of at least 4 members (excludes halogenated alkanes) is 10. The number of aromatic nitrogens is 1. The monoisotopic (exact) mass is 354 g/mol. The summed E-state index contributed by atoms with van der Waals surface area (Å²) in [6, 6.07) is 3.69. The standard InChI is InChI=1S/C19H34N2O2S/c1-2-3-4-5-6-7-8-9-10-11-12-16-24(22,23)21-18-19-14-13-15-20-17-19/h13-15,17,21H,2-12,16,18H2,1H3. The van der Waals surface area contributed by atoms with Crippen LogP contribution in [0.5, 0.6) is 0 Å². The van der Waals surface area contributed by atoms with Crippen molar-refractivity contribution in [3.8, 4) is 0 Å². The van der Waals surface area contributed by atoms with E-state index in [4.69, 9.17) is 0 Å². The van der Waals surface area contributed by atoms with E-state index < -0.39 is 10.0 Å². The third-order valence-electron chi connectivity index (χ3n) is 4.24. The summed E-state index contributed by atoms with van der Waals surface area (Å²) in [6.45, 7) is 2.57. The van der Waals surface area contributed by atoms with Crippen molar-refractivity contribution in [1.29, 1.82) is 0 Å². The van der Waals surface area contributed by atoms with Crippen molar-refractivity contribution in [3.63, 3.8) is 0 Å². The Balaban J connectivity index is 1.96. The average Bonchev–Trinajstić information content (AvgIpc) is 2.59. The Kier molecular flexibility index (Phi) is 11.7. The van der Waals surface area contributed by atoms with Gasteiger partial charge in [-0.25, -0.2) is 13.1 Å². The summed E-state index contributed by atoms with van der Waals surface area (Å²) >= 11 is 0. The molecule has 0 atom stereocenters. The van der Waals surface area contributed by atoms with Crippen LogP contribution in [0.4, 0.5) is 0 Å². The van der Waals surface area contributed by atoms with Gasteiger partial charge >= 0.3 is 0 Å². The predicted octanol–water partition coefficient (Wildman–Crippen LogP) is 4.81. The minimum Gasteiger partial charge on any atom is -0.264 e. The van der Waals surface area contributed by atoms with E-state index in [0.717, 1.165) is 24.8 Å². The fourth-order valence-corrected chi connectivity index (χ4v) is 3.84. The quantitative estimate of drug-likeness (QED) is 0.460. The van der Waals surface area contributed by atoms with Crippen molar-refractivity contribution in [1.82, 2.24) is 9.71 Å². The van der Waals surface area contributed by atoms with E-state index in [-0.39, 0.29) is 5.75 Å². The topological polar surface area (TPSA) is 59.1 Å². The Morgan fingerprint density at radius 3 is 2.04 bits per heavy atom. The van der Waals surface area contributed by atoms with Gasteiger partial charge in [0.1, 0.15) is 0 Å². The molecule has 1 rings (SSSR count). The lowest BCUT2D eigenvalue weighted by molar-refractivity contribution is 0.549. The minimum atomic E-state index is -3.17. The molecule has 0 spiro atoms. The minimum absolute atomic E-state index is 0.226. The van der Waals surface area contributed by atoms with Gasteiger partial charge in [0.05, 0.1) is 5.75 Å².